The lowest BCUT2D eigenvalue weighted by Gasteiger charge is -2.17. The predicted molar refractivity (Wildman–Crippen MR) is 75.3 cm³/mol. The number of benzene rings is 2. The van der Waals surface area contributed by atoms with Gasteiger partial charge in [0.2, 0.25) is 5.91 Å². The van der Waals surface area contributed by atoms with Gasteiger partial charge in [-0.1, -0.05) is 0 Å². The van der Waals surface area contributed by atoms with Crippen molar-refractivity contribution in [1.29, 1.82) is 0 Å². The minimum atomic E-state index is -0.488. The molecule has 0 fully saturated rings. The van der Waals surface area contributed by atoms with Crippen molar-refractivity contribution in [2.75, 3.05) is 5.32 Å². The monoisotopic (exact) mass is 285 g/mol. The lowest BCUT2D eigenvalue weighted by Crippen LogP contribution is -2.18. The maximum atomic E-state index is 13.1. The third kappa shape index (κ3) is 2.76. The second-order valence-corrected chi connectivity index (χ2v) is 4.77. The molecule has 2 aromatic rings. The van der Waals surface area contributed by atoms with E-state index in [1.54, 1.807) is 12.1 Å². The third-order valence-electron chi connectivity index (χ3n) is 3.30. The molecule has 0 atom stereocenters. The molecule has 3 rings (SSSR count). The van der Waals surface area contributed by atoms with Crippen molar-refractivity contribution in [1.82, 2.24) is 0 Å². The molecule has 0 aromatic heterocycles. The van der Waals surface area contributed by atoms with E-state index < -0.39 is 5.82 Å². The molecule has 21 heavy (non-hydrogen) atoms. The number of aldehydes is 1. The molecule has 1 aliphatic rings. The van der Waals surface area contributed by atoms with Crippen molar-refractivity contribution in [3.63, 3.8) is 0 Å². The van der Waals surface area contributed by atoms with Gasteiger partial charge in [0.15, 0.2) is 6.29 Å². The first-order valence-electron chi connectivity index (χ1n) is 6.51. The van der Waals surface area contributed by atoms with Gasteiger partial charge in [-0.2, -0.15) is 0 Å². The molecule has 0 radical (unpaired) electrons. The van der Waals surface area contributed by atoms with Crippen molar-refractivity contribution in [3.8, 4) is 11.5 Å². The van der Waals surface area contributed by atoms with Gasteiger partial charge in [0.05, 0.1) is 5.56 Å². The molecule has 1 N–H and O–H groups in total. The zero-order chi connectivity index (χ0) is 14.8. The van der Waals surface area contributed by atoms with Crippen LogP contribution in [0.4, 0.5) is 10.1 Å². The second-order valence-electron chi connectivity index (χ2n) is 4.77. The van der Waals surface area contributed by atoms with E-state index in [9.17, 15) is 14.0 Å². The van der Waals surface area contributed by atoms with Gasteiger partial charge in [0, 0.05) is 12.1 Å². The summed E-state index contributed by atoms with van der Waals surface area (Å²) in [5, 5.41) is 2.78. The largest absolute Gasteiger partial charge is 0.457 e. The van der Waals surface area contributed by atoms with E-state index in [0.717, 1.165) is 17.3 Å². The Morgan fingerprint density at radius 3 is 2.81 bits per heavy atom. The highest BCUT2D eigenvalue weighted by Crippen LogP contribution is 2.30. The fraction of sp³-hybridized carbons (Fsp3) is 0.125. The highest BCUT2D eigenvalue weighted by Gasteiger charge is 2.15. The Morgan fingerprint density at radius 2 is 2.00 bits per heavy atom. The van der Waals surface area contributed by atoms with Gasteiger partial charge < -0.3 is 10.1 Å². The quantitative estimate of drug-likeness (QED) is 0.880. The van der Waals surface area contributed by atoms with Crippen LogP contribution in [0.15, 0.2) is 36.4 Å². The zero-order valence-electron chi connectivity index (χ0n) is 11.1. The average Bonchev–Trinajstić information content (AvgIpc) is 2.49. The Balaban J connectivity index is 1.89. The van der Waals surface area contributed by atoms with E-state index in [0.29, 0.717) is 30.6 Å². The summed E-state index contributed by atoms with van der Waals surface area (Å²) in [6, 6.07) is 9.04. The molecule has 4 nitrogen and oxygen atoms in total. The summed E-state index contributed by atoms with van der Waals surface area (Å²) in [4.78, 5) is 22.2. The first kappa shape index (κ1) is 13.3. The highest BCUT2D eigenvalue weighted by molar-refractivity contribution is 5.94. The summed E-state index contributed by atoms with van der Waals surface area (Å²) >= 11 is 0. The number of ether oxygens (including phenoxy) is 1. The smallest absolute Gasteiger partial charge is 0.224 e. The molecule has 0 aliphatic carbocycles. The van der Waals surface area contributed by atoms with Crippen LogP contribution in [0, 0.1) is 5.82 Å². The zero-order valence-corrected chi connectivity index (χ0v) is 11.1. The molecule has 2 aromatic carbocycles. The Hall–Kier alpha value is -2.69. The SMILES string of the molecule is O=Cc1cc(F)ccc1Oc1ccc2c(c1)CCC(=O)N2. The van der Waals surface area contributed by atoms with Crippen LogP contribution in [-0.4, -0.2) is 12.2 Å². The van der Waals surface area contributed by atoms with E-state index in [-0.39, 0.29) is 11.5 Å². The van der Waals surface area contributed by atoms with E-state index >= 15 is 0 Å². The molecule has 1 amide bonds. The molecular weight excluding hydrogens is 273 g/mol. The fourth-order valence-corrected chi connectivity index (χ4v) is 2.25. The Labute approximate surface area is 120 Å². The normalized spacial score (nSPS) is 13.3. The van der Waals surface area contributed by atoms with Gasteiger partial charge >= 0.3 is 0 Å². The maximum Gasteiger partial charge on any atom is 0.224 e. The molecule has 5 heteroatoms. The molecular formula is C16H12FNO3. The van der Waals surface area contributed by atoms with E-state index in [1.807, 2.05) is 6.07 Å². The van der Waals surface area contributed by atoms with Crippen LogP contribution in [0.3, 0.4) is 0 Å². The van der Waals surface area contributed by atoms with E-state index in [2.05, 4.69) is 5.32 Å². The molecule has 1 aliphatic heterocycles. The molecule has 0 saturated heterocycles. The summed E-state index contributed by atoms with van der Waals surface area (Å²) in [7, 11) is 0. The van der Waals surface area contributed by atoms with Crippen molar-refractivity contribution < 1.29 is 18.7 Å². The molecule has 0 spiro atoms. The number of fused-ring (bicyclic) bond motifs is 1. The number of hydrogen-bond acceptors (Lipinski definition) is 3. The van der Waals surface area contributed by atoms with Crippen molar-refractivity contribution in [3.05, 3.63) is 53.3 Å². The lowest BCUT2D eigenvalue weighted by molar-refractivity contribution is -0.116. The number of anilines is 1. The van der Waals surface area contributed by atoms with Gasteiger partial charge in [0.25, 0.3) is 0 Å². The number of rotatable bonds is 3. The summed E-state index contributed by atoms with van der Waals surface area (Å²) in [5.74, 6) is 0.348. The van der Waals surface area contributed by atoms with Crippen LogP contribution < -0.4 is 10.1 Å². The number of aryl methyl sites for hydroxylation is 1. The average molecular weight is 285 g/mol. The van der Waals surface area contributed by atoms with Crippen LogP contribution in [0.2, 0.25) is 0 Å². The number of amides is 1. The van der Waals surface area contributed by atoms with Crippen LogP contribution in [0.1, 0.15) is 22.3 Å². The van der Waals surface area contributed by atoms with E-state index in [1.165, 1.54) is 12.1 Å². The number of hydrogen-bond donors (Lipinski definition) is 1. The Morgan fingerprint density at radius 1 is 1.14 bits per heavy atom. The third-order valence-corrected chi connectivity index (χ3v) is 3.30. The number of carbonyl (C=O) groups is 2. The summed E-state index contributed by atoms with van der Waals surface area (Å²) in [6.45, 7) is 0. The summed E-state index contributed by atoms with van der Waals surface area (Å²) in [6.07, 6.45) is 1.63. The minimum Gasteiger partial charge on any atom is -0.457 e. The van der Waals surface area contributed by atoms with Crippen LogP contribution >= 0.6 is 0 Å². The van der Waals surface area contributed by atoms with Gasteiger partial charge in [0.1, 0.15) is 17.3 Å². The topological polar surface area (TPSA) is 55.4 Å². The molecule has 1 heterocycles. The lowest BCUT2D eigenvalue weighted by atomic mass is 10.0. The Kier molecular flexibility index (Phi) is 3.39. The molecule has 0 bridgehead atoms. The number of carbonyl (C=O) groups excluding carboxylic acids is 2. The van der Waals surface area contributed by atoms with Gasteiger partial charge in [-0.05, 0) is 48.4 Å². The van der Waals surface area contributed by atoms with Gasteiger partial charge in [-0.15, -0.1) is 0 Å². The van der Waals surface area contributed by atoms with Crippen LogP contribution in [0.25, 0.3) is 0 Å². The summed E-state index contributed by atoms with van der Waals surface area (Å²) < 4.78 is 18.7. The van der Waals surface area contributed by atoms with Crippen molar-refractivity contribution in [2.24, 2.45) is 0 Å². The summed E-state index contributed by atoms with van der Waals surface area (Å²) in [5.41, 5.74) is 1.90. The molecule has 0 saturated carbocycles. The maximum absolute atomic E-state index is 13.1. The fourth-order valence-electron chi connectivity index (χ4n) is 2.25. The first-order chi connectivity index (χ1) is 10.2. The first-order valence-corrected chi connectivity index (χ1v) is 6.51. The van der Waals surface area contributed by atoms with Crippen molar-refractivity contribution in [2.45, 2.75) is 12.8 Å². The highest BCUT2D eigenvalue weighted by atomic mass is 19.1. The number of halogens is 1. The predicted octanol–water partition coefficient (Wildman–Crippen LogP) is 3.32. The molecule has 0 unspecified atom stereocenters. The van der Waals surface area contributed by atoms with E-state index in [4.69, 9.17) is 4.74 Å². The van der Waals surface area contributed by atoms with Gasteiger partial charge in [-0.3, -0.25) is 9.59 Å². The standard InChI is InChI=1S/C16H12FNO3/c17-12-2-5-15(11(7-12)9-19)21-13-3-4-14-10(8-13)1-6-16(20)18-14/h2-5,7-9H,1,6H2,(H,18,20). The van der Waals surface area contributed by atoms with Crippen molar-refractivity contribution >= 4 is 17.9 Å². The number of nitrogens with one attached hydrogen (secondary N) is 1. The molecule has 106 valence electrons. The minimum absolute atomic E-state index is 0.00190. The van der Waals surface area contributed by atoms with Gasteiger partial charge in [-0.25, -0.2) is 4.39 Å². The Bertz CT molecular complexity index is 727. The van der Waals surface area contributed by atoms with Crippen LogP contribution in [-0.2, 0) is 11.2 Å². The van der Waals surface area contributed by atoms with Crippen LogP contribution in [0.5, 0.6) is 11.5 Å². The second kappa shape index (κ2) is 5.36.